The number of nitrogens with two attached hydrogens (primary N) is 1. The molecule has 174 valence electrons. The van der Waals surface area contributed by atoms with E-state index in [-0.39, 0.29) is 0 Å². The van der Waals surface area contributed by atoms with E-state index in [0.29, 0.717) is 0 Å². The Kier molecular flexibility index (Phi) is 11.2. The quantitative estimate of drug-likeness (QED) is 0.120. The maximum Gasteiger partial charge on any atom is 0.326 e. The second kappa shape index (κ2) is 12.7. The summed E-state index contributed by atoms with van der Waals surface area (Å²) in [5.41, 5.74) is 5.32. The minimum absolute atomic E-state index is 0.824. The lowest BCUT2D eigenvalue weighted by Gasteiger charge is -2.23. The molecule has 16 nitrogen and oxygen atoms in total. The number of carboxylic acids is 4. The van der Waals surface area contributed by atoms with Crippen LogP contribution in [0.5, 0.6) is 0 Å². The van der Waals surface area contributed by atoms with Gasteiger partial charge in [-0.2, -0.15) is 0 Å². The number of carboxylic acid groups (broad SMARTS) is 4. The molecule has 4 atom stereocenters. The predicted octanol–water partition coefficient (Wildman–Crippen LogP) is -4.73. The molecule has 0 bridgehead atoms. The molecule has 10 N–H and O–H groups in total. The number of hydrogen-bond acceptors (Lipinski definition) is 9. The summed E-state index contributed by atoms with van der Waals surface area (Å²) in [4.78, 5) is 79.4. The molecule has 0 radical (unpaired) electrons. The van der Waals surface area contributed by atoms with Gasteiger partial charge in [0.2, 0.25) is 17.7 Å². The van der Waals surface area contributed by atoms with Gasteiger partial charge in [-0.25, -0.2) is 4.79 Å². The molecule has 16 heteroatoms. The highest BCUT2D eigenvalue weighted by Crippen LogP contribution is 1.99. The van der Waals surface area contributed by atoms with E-state index in [2.05, 4.69) is 0 Å². The summed E-state index contributed by atoms with van der Waals surface area (Å²) >= 11 is 0. The number of amides is 3. The van der Waals surface area contributed by atoms with Gasteiger partial charge in [-0.15, -0.1) is 0 Å². The second-order valence-electron chi connectivity index (χ2n) is 6.10. The van der Waals surface area contributed by atoms with Crippen LogP contribution in [0, 0.1) is 0 Å². The van der Waals surface area contributed by atoms with Crippen LogP contribution in [-0.2, 0) is 33.6 Å². The Balaban J connectivity index is 5.29. The average Bonchev–Trinajstić information content (AvgIpc) is 2.63. The number of nitrogens with one attached hydrogen (secondary N) is 3. The molecule has 0 aliphatic heterocycles. The highest BCUT2D eigenvalue weighted by atomic mass is 16.4. The van der Waals surface area contributed by atoms with E-state index >= 15 is 0 Å². The van der Waals surface area contributed by atoms with Gasteiger partial charge in [-0.05, 0) is 0 Å². The Hall–Kier alpha value is -3.79. The van der Waals surface area contributed by atoms with E-state index < -0.39 is 91.6 Å². The van der Waals surface area contributed by atoms with Gasteiger partial charge in [-0.1, -0.05) is 0 Å². The van der Waals surface area contributed by atoms with Crippen LogP contribution in [0.1, 0.15) is 19.3 Å². The largest absolute Gasteiger partial charge is 0.481 e. The second-order valence-corrected chi connectivity index (χ2v) is 6.10. The van der Waals surface area contributed by atoms with E-state index in [4.69, 9.17) is 26.2 Å². The van der Waals surface area contributed by atoms with Crippen molar-refractivity contribution in [3.8, 4) is 0 Å². The Bertz CT molecular complexity index is 740. The summed E-state index contributed by atoms with van der Waals surface area (Å²) in [7, 11) is 0. The molecule has 0 aromatic heterocycles. The highest BCUT2D eigenvalue weighted by molar-refractivity contribution is 5.96. The van der Waals surface area contributed by atoms with Crippen molar-refractivity contribution in [3.05, 3.63) is 0 Å². The number of carbonyl (C=O) groups is 7. The van der Waals surface area contributed by atoms with Crippen molar-refractivity contribution >= 4 is 41.6 Å². The zero-order valence-corrected chi connectivity index (χ0v) is 15.8. The summed E-state index contributed by atoms with van der Waals surface area (Å²) in [6.45, 7) is -1.09. The molecule has 0 rings (SSSR count). The van der Waals surface area contributed by atoms with Crippen LogP contribution >= 0.6 is 0 Å². The molecule has 0 aliphatic carbocycles. The highest BCUT2D eigenvalue weighted by Gasteiger charge is 2.32. The van der Waals surface area contributed by atoms with Crippen LogP contribution in [-0.4, -0.2) is 97.9 Å². The SMILES string of the molecule is N[C@@H](CC(=O)O)C(=O)N[C@@H](CC(=O)O)C(=O)N[C@@H](CO)C(=O)N[C@@H](CC(=O)O)C(=O)O. The van der Waals surface area contributed by atoms with Crippen LogP contribution in [0.2, 0.25) is 0 Å². The number of aliphatic hydroxyl groups excluding tert-OH is 1. The van der Waals surface area contributed by atoms with Crippen molar-refractivity contribution in [3.63, 3.8) is 0 Å². The predicted molar refractivity (Wildman–Crippen MR) is 95.2 cm³/mol. The van der Waals surface area contributed by atoms with Crippen LogP contribution in [0.15, 0.2) is 0 Å². The third kappa shape index (κ3) is 10.5. The molecule has 0 aromatic carbocycles. The summed E-state index contributed by atoms with van der Waals surface area (Å²) in [5.74, 6) is -10.0. The van der Waals surface area contributed by atoms with E-state index in [1.54, 1.807) is 5.32 Å². The smallest absolute Gasteiger partial charge is 0.326 e. The fourth-order valence-electron chi connectivity index (χ4n) is 2.06. The van der Waals surface area contributed by atoms with Gasteiger partial charge in [0.15, 0.2) is 0 Å². The number of aliphatic carboxylic acids is 4. The topological polar surface area (TPSA) is 283 Å². The first-order chi connectivity index (χ1) is 14.3. The first-order valence-electron chi connectivity index (χ1n) is 8.44. The number of rotatable bonds is 14. The van der Waals surface area contributed by atoms with Gasteiger partial charge in [0.05, 0.1) is 31.9 Å². The van der Waals surface area contributed by atoms with Gasteiger partial charge >= 0.3 is 23.9 Å². The van der Waals surface area contributed by atoms with Gasteiger partial charge in [0.1, 0.15) is 18.1 Å². The Morgan fingerprint density at radius 2 is 1.00 bits per heavy atom. The third-order valence-electron chi connectivity index (χ3n) is 3.55. The lowest BCUT2D eigenvalue weighted by atomic mass is 10.1. The summed E-state index contributed by atoms with van der Waals surface area (Å²) in [5, 5.41) is 49.9. The summed E-state index contributed by atoms with van der Waals surface area (Å²) in [6.07, 6.45) is -2.84. The van der Waals surface area contributed by atoms with Crippen molar-refractivity contribution in [1.82, 2.24) is 16.0 Å². The monoisotopic (exact) mass is 450 g/mol. The molecular weight excluding hydrogens is 428 g/mol. The van der Waals surface area contributed by atoms with E-state index in [0.717, 1.165) is 0 Å². The molecule has 0 spiro atoms. The van der Waals surface area contributed by atoms with Gasteiger partial charge in [-0.3, -0.25) is 28.8 Å². The minimum Gasteiger partial charge on any atom is -0.481 e. The van der Waals surface area contributed by atoms with Crippen molar-refractivity contribution in [2.45, 2.75) is 43.4 Å². The molecular formula is C15H22N4O12. The lowest BCUT2D eigenvalue weighted by Crippen LogP contribution is -2.58. The van der Waals surface area contributed by atoms with E-state index in [1.165, 1.54) is 0 Å². The average molecular weight is 450 g/mol. The third-order valence-corrected chi connectivity index (χ3v) is 3.55. The number of carbonyl (C=O) groups excluding carboxylic acids is 3. The molecule has 0 saturated carbocycles. The molecule has 31 heavy (non-hydrogen) atoms. The lowest BCUT2D eigenvalue weighted by molar-refractivity contribution is -0.147. The standard InChI is InChI=1S/C15H22N4O12/c16-5(1-9(21)22)12(27)17-6(2-10(23)24)13(28)19-8(4-20)14(29)18-7(15(30)31)3-11(25)26/h5-8,20H,1-4,16H2,(H,17,27)(H,18,29)(H,19,28)(H,21,22)(H,23,24)(H,25,26)(H,30,31)/t5-,6-,7-,8-/m0/s1. The molecule has 0 fully saturated rings. The maximum atomic E-state index is 12.3. The fourth-order valence-corrected chi connectivity index (χ4v) is 2.06. The Morgan fingerprint density at radius 3 is 1.42 bits per heavy atom. The minimum atomic E-state index is -1.89. The first-order valence-corrected chi connectivity index (χ1v) is 8.44. The molecule has 0 heterocycles. The summed E-state index contributed by atoms with van der Waals surface area (Å²) < 4.78 is 0. The fraction of sp³-hybridized carbons (Fsp3) is 0.533. The van der Waals surface area contributed by atoms with Gasteiger partial charge in [0, 0.05) is 0 Å². The van der Waals surface area contributed by atoms with Crippen LogP contribution in [0.25, 0.3) is 0 Å². The molecule has 0 aliphatic rings. The van der Waals surface area contributed by atoms with Gasteiger partial charge < -0.3 is 47.2 Å². The van der Waals surface area contributed by atoms with Crippen LogP contribution in [0.3, 0.4) is 0 Å². The molecule has 0 saturated heterocycles. The summed E-state index contributed by atoms with van der Waals surface area (Å²) in [6, 6.07) is -7.17. The van der Waals surface area contributed by atoms with Crippen molar-refractivity contribution in [2.75, 3.05) is 6.61 Å². The zero-order valence-electron chi connectivity index (χ0n) is 15.8. The number of aliphatic hydroxyl groups is 1. The molecule has 3 amide bonds. The van der Waals surface area contributed by atoms with Crippen molar-refractivity contribution in [2.24, 2.45) is 5.73 Å². The maximum absolute atomic E-state index is 12.3. The van der Waals surface area contributed by atoms with Crippen molar-refractivity contribution in [1.29, 1.82) is 0 Å². The van der Waals surface area contributed by atoms with E-state index in [9.17, 15) is 38.7 Å². The van der Waals surface area contributed by atoms with E-state index in [1.807, 2.05) is 10.6 Å². The molecule has 0 aromatic rings. The van der Waals surface area contributed by atoms with Crippen LogP contribution < -0.4 is 21.7 Å². The molecule has 0 unspecified atom stereocenters. The van der Waals surface area contributed by atoms with Crippen LogP contribution in [0.4, 0.5) is 0 Å². The normalized spacial score (nSPS) is 14.3. The zero-order chi connectivity index (χ0) is 24.3. The Morgan fingerprint density at radius 1 is 0.613 bits per heavy atom. The number of hydrogen-bond donors (Lipinski definition) is 9. The first kappa shape index (κ1) is 27.2. The van der Waals surface area contributed by atoms with Gasteiger partial charge in [0.25, 0.3) is 0 Å². The van der Waals surface area contributed by atoms with Crippen molar-refractivity contribution < 1.29 is 59.1 Å². The Labute approximate surface area is 173 Å².